The molecular formula is C17H12ClF2NO3S. The lowest BCUT2D eigenvalue weighted by molar-refractivity contribution is 0.508. The number of furan rings is 1. The molecule has 1 aromatic heterocycles. The van der Waals surface area contributed by atoms with Crippen LogP contribution in [-0.4, -0.2) is 8.42 Å². The summed E-state index contributed by atoms with van der Waals surface area (Å²) in [5.41, 5.74) is 0.221. The maximum Gasteiger partial charge on any atom is 0.266 e. The zero-order valence-electron chi connectivity index (χ0n) is 12.7. The molecule has 0 aliphatic heterocycles. The highest BCUT2D eigenvalue weighted by Gasteiger charge is 2.28. The molecule has 0 aliphatic carbocycles. The van der Waals surface area contributed by atoms with Crippen LogP contribution < -0.4 is 4.31 Å². The summed E-state index contributed by atoms with van der Waals surface area (Å²) in [5.74, 6) is -0.770. The minimum atomic E-state index is -4.14. The van der Waals surface area contributed by atoms with E-state index in [1.807, 2.05) is 0 Å². The second-order valence-electron chi connectivity index (χ2n) is 5.14. The van der Waals surface area contributed by atoms with E-state index < -0.39 is 21.7 Å². The molecule has 0 saturated heterocycles. The predicted molar refractivity (Wildman–Crippen MR) is 89.9 cm³/mol. The average Bonchev–Trinajstić information content (AvgIpc) is 3.06. The standard InChI is InChI=1S/C17H12ClF2NO3S/c18-16-10-13(20)5-8-17(16)25(22,23)21(11-15-2-1-9-24-15)14-6-3-12(19)4-7-14/h1-10H,11H2. The molecule has 0 amide bonds. The lowest BCUT2D eigenvalue weighted by atomic mass is 10.3. The Labute approximate surface area is 148 Å². The van der Waals surface area contributed by atoms with Crippen LogP contribution >= 0.6 is 11.6 Å². The number of nitrogens with zero attached hydrogens (tertiary/aromatic N) is 1. The maximum absolute atomic E-state index is 13.3. The minimum absolute atomic E-state index is 0.130. The van der Waals surface area contributed by atoms with Crippen LogP contribution in [0.5, 0.6) is 0 Å². The highest BCUT2D eigenvalue weighted by atomic mass is 35.5. The predicted octanol–water partition coefficient (Wildman–Crippen LogP) is 4.61. The van der Waals surface area contributed by atoms with E-state index in [2.05, 4.69) is 0 Å². The van der Waals surface area contributed by atoms with Crippen LogP contribution in [0.2, 0.25) is 5.02 Å². The van der Waals surface area contributed by atoms with E-state index in [1.54, 1.807) is 12.1 Å². The summed E-state index contributed by atoms with van der Waals surface area (Å²) in [4.78, 5) is -0.258. The van der Waals surface area contributed by atoms with Crippen molar-refractivity contribution < 1.29 is 21.6 Å². The SMILES string of the molecule is O=S(=O)(c1ccc(F)cc1Cl)N(Cc1ccco1)c1ccc(F)cc1. The Balaban J connectivity index is 2.10. The zero-order chi connectivity index (χ0) is 18.0. The number of anilines is 1. The van der Waals surface area contributed by atoms with Crippen LogP contribution in [0, 0.1) is 11.6 Å². The van der Waals surface area contributed by atoms with Gasteiger partial charge in [-0.25, -0.2) is 17.2 Å². The van der Waals surface area contributed by atoms with Crippen molar-refractivity contribution in [3.05, 3.63) is 83.3 Å². The van der Waals surface area contributed by atoms with Crippen molar-refractivity contribution in [2.24, 2.45) is 0 Å². The van der Waals surface area contributed by atoms with Gasteiger partial charge in [0.25, 0.3) is 10.0 Å². The summed E-state index contributed by atoms with van der Waals surface area (Å²) in [5, 5.41) is -0.244. The highest BCUT2D eigenvalue weighted by molar-refractivity contribution is 7.93. The molecule has 3 aromatic rings. The summed E-state index contributed by atoms with van der Waals surface area (Å²) in [7, 11) is -4.14. The summed E-state index contributed by atoms with van der Waals surface area (Å²) in [6, 6.07) is 11.2. The van der Waals surface area contributed by atoms with Gasteiger partial charge in [-0.1, -0.05) is 11.6 Å². The van der Waals surface area contributed by atoms with Crippen molar-refractivity contribution in [2.45, 2.75) is 11.4 Å². The molecule has 3 rings (SSSR count). The van der Waals surface area contributed by atoms with Gasteiger partial charge in [0.1, 0.15) is 22.3 Å². The molecule has 25 heavy (non-hydrogen) atoms. The third kappa shape index (κ3) is 3.67. The number of halogens is 3. The molecule has 0 fully saturated rings. The largest absolute Gasteiger partial charge is 0.467 e. The highest BCUT2D eigenvalue weighted by Crippen LogP contribution is 2.30. The van der Waals surface area contributed by atoms with Gasteiger partial charge in [-0.2, -0.15) is 0 Å². The van der Waals surface area contributed by atoms with Crippen molar-refractivity contribution in [3.63, 3.8) is 0 Å². The molecule has 0 spiro atoms. The minimum Gasteiger partial charge on any atom is -0.467 e. The molecular weight excluding hydrogens is 372 g/mol. The molecule has 0 atom stereocenters. The van der Waals surface area contributed by atoms with E-state index in [1.165, 1.54) is 18.4 Å². The van der Waals surface area contributed by atoms with Gasteiger partial charge in [0.05, 0.1) is 23.5 Å². The Morgan fingerprint density at radius 2 is 1.68 bits per heavy atom. The molecule has 1 heterocycles. The first-order valence-electron chi connectivity index (χ1n) is 7.13. The first-order valence-corrected chi connectivity index (χ1v) is 8.95. The summed E-state index contributed by atoms with van der Waals surface area (Å²) in [6.07, 6.45) is 1.41. The Morgan fingerprint density at radius 3 is 2.28 bits per heavy atom. The molecule has 0 saturated carbocycles. The van der Waals surface area contributed by atoms with E-state index in [4.69, 9.17) is 16.0 Å². The van der Waals surface area contributed by atoms with Crippen molar-refractivity contribution >= 4 is 27.3 Å². The number of sulfonamides is 1. The summed E-state index contributed by atoms with van der Waals surface area (Å²) >= 11 is 5.92. The summed E-state index contributed by atoms with van der Waals surface area (Å²) < 4.78 is 58.8. The second kappa shape index (κ2) is 6.85. The van der Waals surface area contributed by atoms with Crippen LogP contribution in [0.1, 0.15) is 5.76 Å². The molecule has 130 valence electrons. The summed E-state index contributed by atoms with van der Waals surface area (Å²) in [6.45, 7) is -0.130. The Kier molecular flexibility index (Phi) is 4.78. The molecule has 4 nitrogen and oxygen atoms in total. The van der Waals surface area contributed by atoms with Crippen LogP contribution in [0.25, 0.3) is 0 Å². The molecule has 8 heteroatoms. The molecule has 0 unspecified atom stereocenters. The van der Waals surface area contributed by atoms with Crippen molar-refractivity contribution in [1.82, 2.24) is 0 Å². The van der Waals surface area contributed by atoms with Crippen molar-refractivity contribution in [3.8, 4) is 0 Å². The molecule has 0 radical (unpaired) electrons. The molecule has 0 N–H and O–H groups in total. The third-order valence-corrected chi connectivity index (χ3v) is 5.71. The number of rotatable bonds is 5. The van der Waals surface area contributed by atoms with Crippen molar-refractivity contribution in [1.29, 1.82) is 0 Å². The van der Waals surface area contributed by atoms with Crippen LogP contribution in [-0.2, 0) is 16.6 Å². The maximum atomic E-state index is 13.3. The van der Waals surface area contributed by atoms with Crippen LogP contribution in [0.15, 0.2) is 70.2 Å². The number of hydrogen-bond acceptors (Lipinski definition) is 3. The molecule has 2 aromatic carbocycles. The molecule has 0 aliphatic rings. The van der Waals surface area contributed by atoms with E-state index in [9.17, 15) is 17.2 Å². The average molecular weight is 384 g/mol. The Morgan fingerprint density at radius 1 is 1.00 bits per heavy atom. The third-order valence-electron chi connectivity index (χ3n) is 3.46. The topological polar surface area (TPSA) is 50.5 Å². The van der Waals surface area contributed by atoms with Gasteiger partial charge in [0, 0.05) is 0 Å². The van der Waals surface area contributed by atoms with Crippen LogP contribution in [0.3, 0.4) is 0 Å². The normalized spacial score (nSPS) is 11.5. The van der Waals surface area contributed by atoms with Crippen LogP contribution in [0.4, 0.5) is 14.5 Å². The van der Waals surface area contributed by atoms with E-state index in [0.29, 0.717) is 5.76 Å². The van der Waals surface area contributed by atoms with Gasteiger partial charge in [-0.15, -0.1) is 0 Å². The smallest absolute Gasteiger partial charge is 0.266 e. The Bertz CT molecular complexity index is 974. The van der Waals surface area contributed by atoms with Gasteiger partial charge < -0.3 is 4.42 Å². The second-order valence-corrected chi connectivity index (χ2v) is 7.38. The fraction of sp³-hybridized carbons (Fsp3) is 0.0588. The lowest BCUT2D eigenvalue weighted by Gasteiger charge is -2.24. The first-order chi connectivity index (χ1) is 11.9. The monoisotopic (exact) mass is 383 g/mol. The number of benzene rings is 2. The van der Waals surface area contributed by atoms with Gasteiger partial charge in [-0.05, 0) is 54.6 Å². The first kappa shape index (κ1) is 17.4. The van der Waals surface area contributed by atoms with Gasteiger partial charge in [-0.3, -0.25) is 4.31 Å². The Hall–Kier alpha value is -2.38. The van der Waals surface area contributed by atoms with Gasteiger partial charge in [0.2, 0.25) is 0 Å². The van der Waals surface area contributed by atoms with Gasteiger partial charge >= 0.3 is 0 Å². The van der Waals surface area contributed by atoms with E-state index >= 15 is 0 Å². The number of hydrogen-bond donors (Lipinski definition) is 0. The fourth-order valence-corrected chi connectivity index (χ4v) is 4.21. The van der Waals surface area contributed by atoms with Crippen molar-refractivity contribution in [2.75, 3.05) is 4.31 Å². The zero-order valence-corrected chi connectivity index (χ0v) is 14.3. The van der Waals surface area contributed by atoms with E-state index in [0.717, 1.165) is 34.6 Å². The fourth-order valence-electron chi connectivity index (χ4n) is 2.27. The lowest BCUT2D eigenvalue weighted by Crippen LogP contribution is -2.30. The van der Waals surface area contributed by atoms with E-state index in [-0.39, 0.29) is 22.2 Å². The quantitative estimate of drug-likeness (QED) is 0.646. The van der Waals surface area contributed by atoms with Gasteiger partial charge in [0.15, 0.2) is 0 Å². The molecule has 0 bridgehead atoms.